The van der Waals surface area contributed by atoms with Crippen LogP contribution in [-0.4, -0.2) is 12.5 Å². The normalized spacial score (nSPS) is 11.6. The molecule has 0 saturated heterocycles. The van der Waals surface area contributed by atoms with Crippen molar-refractivity contribution in [2.24, 2.45) is 0 Å². The van der Waals surface area contributed by atoms with Crippen LogP contribution in [0.4, 0.5) is 11.4 Å². The zero-order valence-corrected chi connectivity index (χ0v) is 14.8. The van der Waals surface area contributed by atoms with Gasteiger partial charge in [0.2, 0.25) is 0 Å². The Kier molecular flexibility index (Phi) is 5.69. The minimum atomic E-state index is -0.132. The molecular weight excluding hydrogens is 332 g/mol. The van der Waals surface area contributed by atoms with Crippen LogP contribution in [0.1, 0.15) is 17.8 Å². The van der Waals surface area contributed by atoms with Gasteiger partial charge in [0.15, 0.2) is 6.61 Å². The first-order valence-electron chi connectivity index (χ1n) is 8.08. The van der Waals surface area contributed by atoms with E-state index in [1.54, 1.807) is 11.3 Å². The van der Waals surface area contributed by atoms with Gasteiger partial charge >= 0.3 is 0 Å². The lowest BCUT2D eigenvalue weighted by molar-refractivity contribution is -0.123. The summed E-state index contributed by atoms with van der Waals surface area (Å²) >= 11 is 1.63. The Labute approximate surface area is 151 Å². The summed E-state index contributed by atoms with van der Waals surface area (Å²) in [4.78, 5) is 13.1. The summed E-state index contributed by atoms with van der Waals surface area (Å²) in [6.45, 7) is 1.97. The molecule has 0 radical (unpaired) electrons. The number of carbonyl (C=O) groups is 1. The maximum Gasteiger partial charge on any atom is 0.258 e. The Morgan fingerprint density at radius 3 is 2.40 bits per heavy atom. The standard InChI is InChI=1S/C20H20N2O2S/c1-15(19-8-5-13-25-19)21-20(23)14-24-18-11-9-17(10-12-18)22-16-6-3-2-4-7-16/h2-13,15,22H,14H2,1H3,(H,21,23)/t15-/m1/s1. The lowest BCUT2D eigenvalue weighted by Gasteiger charge is -2.13. The summed E-state index contributed by atoms with van der Waals surface area (Å²) in [5, 5.41) is 8.23. The highest BCUT2D eigenvalue weighted by Crippen LogP contribution is 2.20. The number of nitrogens with one attached hydrogen (secondary N) is 2. The van der Waals surface area contributed by atoms with E-state index in [0.29, 0.717) is 5.75 Å². The van der Waals surface area contributed by atoms with E-state index in [-0.39, 0.29) is 18.6 Å². The fraction of sp³-hybridized carbons (Fsp3) is 0.150. The summed E-state index contributed by atoms with van der Waals surface area (Å²) in [7, 11) is 0. The Bertz CT molecular complexity index is 786. The number of hydrogen-bond donors (Lipinski definition) is 2. The first kappa shape index (κ1) is 17.0. The van der Waals surface area contributed by atoms with Gasteiger partial charge in [-0.3, -0.25) is 4.79 Å². The number of anilines is 2. The van der Waals surface area contributed by atoms with Gasteiger partial charge < -0.3 is 15.4 Å². The van der Waals surface area contributed by atoms with Gasteiger partial charge in [-0.05, 0) is 54.8 Å². The van der Waals surface area contributed by atoms with E-state index < -0.39 is 0 Å². The highest BCUT2D eigenvalue weighted by molar-refractivity contribution is 7.10. The molecule has 0 aliphatic heterocycles. The molecule has 0 spiro atoms. The van der Waals surface area contributed by atoms with Gasteiger partial charge in [0.25, 0.3) is 5.91 Å². The van der Waals surface area contributed by atoms with E-state index in [1.807, 2.05) is 79.0 Å². The third-order valence-corrected chi connectivity index (χ3v) is 4.69. The Morgan fingerprint density at radius 2 is 1.72 bits per heavy atom. The number of rotatable bonds is 7. The molecule has 5 heteroatoms. The molecule has 2 N–H and O–H groups in total. The summed E-state index contributed by atoms with van der Waals surface area (Å²) in [5.74, 6) is 0.532. The zero-order chi connectivity index (χ0) is 17.5. The van der Waals surface area contributed by atoms with E-state index in [2.05, 4.69) is 10.6 Å². The second kappa shape index (κ2) is 8.35. The molecule has 1 atom stereocenters. The van der Waals surface area contributed by atoms with Crippen LogP contribution >= 0.6 is 11.3 Å². The van der Waals surface area contributed by atoms with Crippen LogP contribution in [0.5, 0.6) is 5.75 Å². The van der Waals surface area contributed by atoms with Crippen molar-refractivity contribution in [3.8, 4) is 5.75 Å². The molecule has 0 fully saturated rings. The lowest BCUT2D eigenvalue weighted by atomic mass is 10.2. The van der Waals surface area contributed by atoms with Crippen LogP contribution in [0, 0.1) is 0 Å². The van der Waals surface area contributed by atoms with Gasteiger partial charge in [-0.1, -0.05) is 24.3 Å². The van der Waals surface area contributed by atoms with E-state index in [1.165, 1.54) is 0 Å². The SMILES string of the molecule is C[C@@H](NC(=O)COc1ccc(Nc2ccccc2)cc1)c1cccs1. The number of amides is 1. The third kappa shape index (κ3) is 5.09. The van der Waals surface area contributed by atoms with Crippen molar-refractivity contribution in [1.29, 1.82) is 0 Å². The summed E-state index contributed by atoms with van der Waals surface area (Å²) in [5.41, 5.74) is 1.99. The summed E-state index contributed by atoms with van der Waals surface area (Å²) < 4.78 is 5.55. The van der Waals surface area contributed by atoms with Gasteiger partial charge in [0.05, 0.1) is 6.04 Å². The molecule has 2 aromatic carbocycles. The first-order chi connectivity index (χ1) is 12.2. The smallest absolute Gasteiger partial charge is 0.258 e. The van der Waals surface area contributed by atoms with Crippen LogP contribution in [0.15, 0.2) is 72.1 Å². The number of thiophene rings is 1. The molecule has 0 saturated carbocycles. The van der Waals surface area contributed by atoms with Crippen molar-refractivity contribution in [2.45, 2.75) is 13.0 Å². The third-order valence-electron chi connectivity index (χ3n) is 3.63. The summed E-state index contributed by atoms with van der Waals surface area (Å²) in [6.07, 6.45) is 0. The average Bonchev–Trinajstić information content (AvgIpc) is 3.17. The van der Waals surface area contributed by atoms with E-state index in [4.69, 9.17) is 4.74 Å². The molecular formula is C20H20N2O2S. The molecule has 3 rings (SSSR count). The second-order valence-electron chi connectivity index (χ2n) is 5.61. The molecule has 128 valence electrons. The molecule has 4 nitrogen and oxygen atoms in total. The van der Waals surface area contributed by atoms with Crippen LogP contribution in [0.25, 0.3) is 0 Å². The molecule has 1 heterocycles. The summed E-state index contributed by atoms with van der Waals surface area (Å²) in [6, 6.07) is 21.5. The lowest BCUT2D eigenvalue weighted by Crippen LogP contribution is -2.30. The number of carbonyl (C=O) groups excluding carboxylic acids is 1. The van der Waals surface area contributed by atoms with Gasteiger partial charge in [0.1, 0.15) is 5.75 Å². The quantitative estimate of drug-likeness (QED) is 0.645. The van der Waals surface area contributed by atoms with E-state index >= 15 is 0 Å². The number of para-hydroxylation sites is 1. The number of benzene rings is 2. The van der Waals surface area contributed by atoms with Gasteiger partial charge in [-0.15, -0.1) is 11.3 Å². The number of ether oxygens (including phenoxy) is 1. The monoisotopic (exact) mass is 352 g/mol. The molecule has 0 aliphatic rings. The highest BCUT2D eigenvalue weighted by Gasteiger charge is 2.10. The van der Waals surface area contributed by atoms with Crippen LogP contribution < -0.4 is 15.4 Å². The van der Waals surface area contributed by atoms with Crippen LogP contribution in [0.3, 0.4) is 0 Å². The highest BCUT2D eigenvalue weighted by atomic mass is 32.1. The first-order valence-corrected chi connectivity index (χ1v) is 8.96. The van der Waals surface area contributed by atoms with E-state index in [0.717, 1.165) is 16.3 Å². The molecule has 1 aromatic heterocycles. The van der Waals surface area contributed by atoms with E-state index in [9.17, 15) is 4.79 Å². The van der Waals surface area contributed by atoms with Gasteiger partial charge in [-0.2, -0.15) is 0 Å². The minimum Gasteiger partial charge on any atom is -0.484 e. The van der Waals surface area contributed by atoms with Crippen molar-refractivity contribution < 1.29 is 9.53 Å². The van der Waals surface area contributed by atoms with Crippen LogP contribution in [-0.2, 0) is 4.79 Å². The van der Waals surface area contributed by atoms with Crippen molar-refractivity contribution >= 4 is 28.6 Å². The number of hydrogen-bond acceptors (Lipinski definition) is 4. The van der Waals surface area contributed by atoms with Gasteiger partial charge in [0, 0.05) is 16.3 Å². The predicted octanol–water partition coefficient (Wildman–Crippen LogP) is 4.75. The van der Waals surface area contributed by atoms with Crippen molar-refractivity contribution in [1.82, 2.24) is 5.32 Å². The molecule has 25 heavy (non-hydrogen) atoms. The minimum absolute atomic E-state index is 0.00117. The average molecular weight is 352 g/mol. The van der Waals surface area contributed by atoms with Crippen molar-refractivity contribution in [3.05, 3.63) is 77.0 Å². The molecule has 0 bridgehead atoms. The largest absolute Gasteiger partial charge is 0.484 e. The van der Waals surface area contributed by atoms with Crippen LogP contribution in [0.2, 0.25) is 0 Å². The Balaban J connectivity index is 1.47. The maximum absolute atomic E-state index is 12.0. The Morgan fingerprint density at radius 1 is 1.00 bits per heavy atom. The predicted molar refractivity (Wildman–Crippen MR) is 103 cm³/mol. The topological polar surface area (TPSA) is 50.4 Å². The fourth-order valence-corrected chi connectivity index (χ4v) is 3.10. The Hall–Kier alpha value is -2.79. The van der Waals surface area contributed by atoms with Gasteiger partial charge in [-0.25, -0.2) is 0 Å². The molecule has 1 amide bonds. The molecule has 0 aliphatic carbocycles. The maximum atomic E-state index is 12.0. The van der Waals surface area contributed by atoms with Crippen molar-refractivity contribution in [2.75, 3.05) is 11.9 Å². The molecule has 3 aromatic rings. The fourth-order valence-electron chi connectivity index (χ4n) is 2.36. The van der Waals surface area contributed by atoms with Crippen molar-refractivity contribution in [3.63, 3.8) is 0 Å². The second-order valence-corrected chi connectivity index (χ2v) is 6.59. The zero-order valence-electron chi connectivity index (χ0n) is 13.9. The molecule has 0 unspecified atom stereocenters.